The molecule has 7 heteroatoms. The van der Waals surface area contributed by atoms with Crippen LogP contribution < -0.4 is 40.2 Å². The molecule has 0 amide bonds. The number of para-hydroxylation sites is 4. The molecule has 0 aliphatic carbocycles. The third kappa shape index (κ3) is 10.6. The Morgan fingerprint density at radius 3 is 1.69 bits per heavy atom. The van der Waals surface area contributed by atoms with Gasteiger partial charge >= 0.3 is 0 Å². The Morgan fingerprint density at radius 1 is 0.517 bits per heavy atom. The van der Waals surface area contributed by atoms with Gasteiger partial charge in [0.15, 0.2) is 0 Å². The van der Waals surface area contributed by atoms with Crippen LogP contribution in [0.25, 0.3) is 33.4 Å². The van der Waals surface area contributed by atoms with E-state index >= 15 is 0 Å². The molecule has 0 N–H and O–H groups in total. The zero-order valence-electron chi connectivity index (χ0n) is 59.3. The Kier molecular flexibility index (Phi) is 13.0. The standard InChI is InChI=1S/C80H79N4OSi.Pt/c1-52(2)42-53-40-41-81-75(43-53)84-69-32-20-21-33-71(69)86(73-47-56(77(3,4)5)34-37-65(73)66-38-35-57(48-74(66)86)78(6,7)8)72-39-36-62(50-70(72)84)85-61-27-22-26-60(49-61)82-51-83(68-31-19-18-30-67(68)82)76-63(54-24-16-15-17-25-54)28-23-29-64(76)55-44-58(79(9,10)11)46-59(45-55)80(12,13)14;/h15-41,43-48,51-52H,42H2,1-14H3;/q-3;/i15D,16D,17D,24D,25D,42D2;. The van der Waals surface area contributed by atoms with E-state index in [4.69, 9.17) is 13.8 Å². The van der Waals surface area contributed by atoms with Gasteiger partial charge in [0.25, 0.3) is 0 Å². The van der Waals surface area contributed by atoms with Crippen molar-refractivity contribution in [1.82, 2.24) is 4.98 Å². The van der Waals surface area contributed by atoms with Gasteiger partial charge in [-0.3, -0.25) is 0 Å². The molecular formula is C80H79N4OPtSi-3. The quantitative estimate of drug-likeness (QED) is 0.106. The molecule has 442 valence electrons. The van der Waals surface area contributed by atoms with Gasteiger partial charge < -0.3 is 19.4 Å². The van der Waals surface area contributed by atoms with Crippen LogP contribution in [0, 0.1) is 24.7 Å². The van der Waals surface area contributed by atoms with Gasteiger partial charge in [-0.2, -0.15) is 12.1 Å². The summed E-state index contributed by atoms with van der Waals surface area (Å²) < 4.78 is 70.8. The van der Waals surface area contributed by atoms with Crippen LogP contribution in [0.3, 0.4) is 0 Å². The largest absolute Gasteiger partial charge is 0.509 e. The van der Waals surface area contributed by atoms with E-state index in [1.54, 1.807) is 12.3 Å². The molecule has 0 saturated heterocycles. The Bertz CT molecular complexity index is 4570. The number of anilines is 7. The van der Waals surface area contributed by atoms with Crippen molar-refractivity contribution < 1.29 is 35.4 Å². The number of aromatic nitrogens is 1. The molecule has 0 unspecified atom stereocenters. The van der Waals surface area contributed by atoms with E-state index < -0.39 is 32.6 Å². The molecule has 0 atom stereocenters. The van der Waals surface area contributed by atoms with Gasteiger partial charge in [0, 0.05) is 75.4 Å². The van der Waals surface area contributed by atoms with Crippen LogP contribution in [0.2, 0.25) is 0 Å². The van der Waals surface area contributed by atoms with Crippen molar-refractivity contribution in [2.45, 2.75) is 125 Å². The minimum atomic E-state index is -3.27. The first-order valence-corrected chi connectivity index (χ1v) is 32.1. The first kappa shape index (κ1) is 51.3. The molecule has 0 bridgehead atoms. The second kappa shape index (κ2) is 22.1. The van der Waals surface area contributed by atoms with E-state index in [2.05, 4.69) is 201 Å². The maximum Gasteiger partial charge on any atom is 0.135 e. The molecule has 3 aliphatic rings. The monoisotopic (exact) mass is 1340 g/mol. The molecule has 4 heterocycles. The fraction of sp³-hybridized carbons (Fsp3) is 0.250. The van der Waals surface area contributed by atoms with Gasteiger partial charge in [-0.25, -0.2) is 4.98 Å². The van der Waals surface area contributed by atoms with Crippen molar-refractivity contribution in [2.75, 3.05) is 14.7 Å². The minimum absolute atomic E-state index is 0. The van der Waals surface area contributed by atoms with E-state index in [0.717, 1.165) is 50.2 Å². The van der Waals surface area contributed by atoms with Crippen LogP contribution in [0.15, 0.2) is 200 Å². The number of nitrogens with zero attached hydrogens (tertiary/aromatic N) is 4. The van der Waals surface area contributed by atoms with Gasteiger partial charge in [-0.05, 0) is 130 Å². The number of rotatable bonds is 9. The summed E-state index contributed by atoms with van der Waals surface area (Å²) in [6.45, 7) is 32.7. The van der Waals surface area contributed by atoms with Crippen molar-refractivity contribution in [3.05, 3.63) is 247 Å². The molecule has 1 aromatic heterocycles. The fourth-order valence-corrected chi connectivity index (χ4v) is 18.3. The second-order valence-corrected chi connectivity index (χ2v) is 31.4. The van der Waals surface area contributed by atoms with Gasteiger partial charge in [0.1, 0.15) is 13.9 Å². The molecule has 0 radical (unpaired) electrons. The summed E-state index contributed by atoms with van der Waals surface area (Å²) in [7, 11) is -3.27. The predicted molar refractivity (Wildman–Crippen MR) is 365 cm³/mol. The number of hydrogen-bond donors (Lipinski definition) is 0. The van der Waals surface area contributed by atoms with Gasteiger partial charge in [0.2, 0.25) is 0 Å². The van der Waals surface area contributed by atoms with Gasteiger partial charge in [0.05, 0.1) is 6.85 Å². The molecule has 0 saturated carbocycles. The first-order valence-electron chi connectivity index (χ1n) is 33.6. The molecular weight excluding hydrogens is 1260 g/mol. The summed E-state index contributed by atoms with van der Waals surface area (Å²) in [5, 5.41) is 4.97. The smallest absolute Gasteiger partial charge is 0.135 e. The Morgan fingerprint density at radius 2 is 1.08 bits per heavy atom. The Balaban J connectivity index is 0.00000848. The van der Waals surface area contributed by atoms with E-state index in [0.29, 0.717) is 39.8 Å². The van der Waals surface area contributed by atoms with Crippen molar-refractivity contribution in [1.29, 1.82) is 0 Å². The molecule has 0 fully saturated rings. The molecule has 87 heavy (non-hydrogen) atoms. The summed E-state index contributed by atoms with van der Waals surface area (Å²) in [5.74, 6) is 1.15. The van der Waals surface area contributed by atoms with Gasteiger partial charge in [-0.1, -0.05) is 236 Å². The average molecular weight is 1340 g/mol. The van der Waals surface area contributed by atoms with E-state index in [1.165, 1.54) is 37.8 Å². The molecule has 1 spiro atoms. The van der Waals surface area contributed by atoms with Crippen molar-refractivity contribution in [3.63, 3.8) is 0 Å². The summed E-state index contributed by atoms with van der Waals surface area (Å²) >= 11 is 0. The van der Waals surface area contributed by atoms with E-state index in [1.807, 2.05) is 87.2 Å². The number of ether oxygens (including phenoxy) is 1. The number of hydrogen-bond acceptors (Lipinski definition) is 5. The second-order valence-electron chi connectivity index (χ2n) is 27.8. The van der Waals surface area contributed by atoms with E-state index in [9.17, 15) is 5.48 Å². The fourth-order valence-electron chi connectivity index (χ4n) is 12.8. The third-order valence-electron chi connectivity index (χ3n) is 17.3. The zero-order chi connectivity index (χ0) is 66.4. The Hall–Kier alpha value is -7.76. The van der Waals surface area contributed by atoms with Crippen LogP contribution in [0.4, 0.5) is 39.9 Å². The van der Waals surface area contributed by atoms with Crippen LogP contribution >= 0.6 is 0 Å². The van der Waals surface area contributed by atoms with Crippen molar-refractivity contribution in [3.8, 4) is 44.9 Å². The van der Waals surface area contributed by atoms with Crippen LogP contribution in [0.5, 0.6) is 11.5 Å². The topological polar surface area (TPSA) is 31.8 Å². The predicted octanol–water partition coefficient (Wildman–Crippen LogP) is 18.7. The SMILES string of the molecule is [2H]c1c([2H])c([2H])c(-c2cccc(-c3cc(C(C)(C)C)cc(C(C)(C)C)c3)c2N2[CH-]N(c3[c-]c(Oc4[c-]c5c(cc4)[Si]4(c6cc(C(C)(C)C)ccc6-c6ccc(C(C)(C)C)cc64)c4ccccc4N5c4cc(C([2H])([2H])C(C)C)ccn4)ccc3)c3ccccc32)c([2H])c1[2H].[Pt]. The van der Waals surface area contributed by atoms with Crippen molar-refractivity contribution >= 4 is 68.8 Å². The van der Waals surface area contributed by atoms with Crippen LogP contribution in [-0.4, -0.2) is 13.1 Å². The zero-order valence-corrected chi connectivity index (χ0v) is 55.6. The summed E-state index contributed by atoms with van der Waals surface area (Å²) in [4.78, 5) is 11.4. The molecule has 10 aromatic rings. The minimum Gasteiger partial charge on any atom is -0.509 e. The Labute approximate surface area is 543 Å². The molecule has 3 aliphatic heterocycles. The average Bonchev–Trinajstić information content (AvgIpc) is 1.45. The summed E-state index contributed by atoms with van der Waals surface area (Å²) in [5.41, 5.74) is 14.1. The normalized spacial score (nSPS) is 15.4. The maximum atomic E-state index is 9.37. The summed E-state index contributed by atoms with van der Waals surface area (Å²) in [6, 6.07) is 63.1. The molecule has 13 rings (SSSR count). The van der Waals surface area contributed by atoms with E-state index in [-0.39, 0.29) is 66.3 Å². The number of pyridine rings is 1. The van der Waals surface area contributed by atoms with Crippen molar-refractivity contribution in [2.24, 2.45) is 5.92 Å². The maximum absolute atomic E-state index is 9.37. The number of benzene rings is 9. The first-order chi connectivity index (χ1) is 43.8. The summed E-state index contributed by atoms with van der Waals surface area (Å²) in [6.07, 6.45) is 0.0736. The molecule has 9 aromatic carbocycles. The van der Waals surface area contributed by atoms with Gasteiger partial charge in [-0.15, -0.1) is 47.9 Å². The van der Waals surface area contributed by atoms with Crippen LogP contribution in [0.1, 0.15) is 134 Å². The third-order valence-corrected chi connectivity index (χ3v) is 22.1. The number of fused-ring (bicyclic) bond motifs is 10. The van der Waals surface area contributed by atoms with Crippen LogP contribution in [-0.2, 0) is 49.1 Å². The molecule has 5 nitrogen and oxygen atoms in total.